The summed E-state index contributed by atoms with van der Waals surface area (Å²) in [5, 5.41) is 17.4. The molecule has 2 aromatic rings. The summed E-state index contributed by atoms with van der Waals surface area (Å²) in [5.74, 6) is -3.56. The molecule has 0 radical (unpaired) electrons. The van der Waals surface area contributed by atoms with Crippen LogP contribution in [0.3, 0.4) is 0 Å². The van der Waals surface area contributed by atoms with Crippen molar-refractivity contribution in [1.82, 2.24) is 10.6 Å². The summed E-state index contributed by atoms with van der Waals surface area (Å²) in [6.45, 7) is 3.25. The Morgan fingerprint density at radius 2 is 1.54 bits per heavy atom. The maximum atomic E-state index is 14.3. The number of rotatable bonds is 12. The van der Waals surface area contributed by atoms with E-state index in [9.17, 15) is 24.3 Å². The Hall–Kier alpha value is -4.65. The van der Waals surface area contributed by atoms with Gasteiger partial charge in [0, 0.05) is 56.3 Å². The second kappa shape index (κ2) is 13.8. The lowest BCUT2D eigenvalue weighted by atomic mass is 9.69. The smallest absolute Gasteiger partial charge is 0.231 e. The predicted octanol–water partition coefficient (Wildman–Crippen LogP) is 3.54. The minimum Gasteiger partial charge on any atom is -0.507 e. The zero-order chi connectivity index (χ0) is 33.9. The molecule has 1 aliphatic heterocycles. The van der Waals surface area contributed by atoms with Crippen molar-refractivity contribution in [2.45, 2.75) is 38.2 Å². The Morgan fingerprint density at radius 3 is 2.09 bits per heavy atom. The Morgan fingerprint density at radius 1 is 0.957 bits per heavy atom. The molecule has 13 nitrogen and oxygen atoms in total. The molecular formula is C32H37ClN2O11. The van der Waals surface area contributed by atoms with Crippen molar-refractivity contribution in [2.24, 2.45) is 5.92 Å². The summed E-state index contributed by atoms with van der Waals surface area (Å²) in [7, 11) is 7.01. The quantitative estimate of drug-likeness (QED) is 0.285. The van der Waals surface area contributed by atoms with E-state index in [0.29, 0.717) is 5.56 Å². The van der Waals surface area contributed by atoms with Gasteiger partial charge in [-0.1, -0.05) is 18.5 Å². The molecule has 2 aromatic carbocycles. The van der Waals surface area contributed by atoms with Gasteiger partial charge in [-0.2, -0.15) is 0 Å². The number of aliphatic hydroxyl groups excluding tert-OH is 1. The molecule has 0 fully saturated rings. The van der Waals surface area contributed by atoms with Gasteiger partial charge in [0.25, 0.3) is 0 Å². The molecule has 3 atom stereocenters. The van der Waals surface area contributed by atoms with E-state index in [-0.39, 0.29) is 82.5 Å². The van der Waals surface area contributed by atoms with Crippen LogP contribution in [0.15, 0.2) is 29.5 Å². The second-order valence-electron chi connectivity index (χ2n) is 10.8. The molecule has 0 saturated heterocycles. The van der Waals surface area contributed by atoms with Gasteiger partial charge in [0.05, 0.1) is 35.5 Å². The summed E-state index contributed by atoms with van der Waals surface area (Å²) in [6, 6.07) is 4.56. The van der Waals surface area contributed by atoms with Gasteiger partial charge < -0.3 is 44.2 Å². The van der Waals surface area contributed by atoms with Crippen LogP contribution in [-0.2, 0) is 14.4 Å². The van der Waals surface area contributed by atoms with Crippen LogP contribution in [0.1, 0.15) is 48.5 Å². The SMILES string of the molecule is COc1cc(OC)c2c(c1Cl)O[C@]1(C2=O)C(O)=C(C(CC(=O)NCCNC(C)=O)c2cc(OC)c(OC)c(OC)c2)C(=O)C[C@H]1C. The number of Topliss-reactive ketones (excluding diaryl/α,β-unsaturated/α-hetero) is 2. The van der Waals surface area contributed by atoms with Crippen LogP contribution in [0.25, 0.3) is 0 Å². The number of amides is 2. The molecule has 0 aromatic heterocycles. The number of benzene rings is 2. The van der Waals surface area contributed by atoms with Crippen LogP contribution < -0.4 is 39.1 Å². The number of carbonyl (C=O) groups is 4. The number of carbonyl (C=O) groups excluding carboxylic acids is 4. The first-order valence-corrected chi connectivity index (χ1v) is 14.7. The van der Waals surface area contributed by atoms with Crippen LogP contribution in [0.4, 0.5) is 0 Å². The lowest BCUT2D eigenvalue weighted by Gasteiger charge is -2.38. The minimum absolute atomic E-state index is 0.0123. The van der Waals surface area contributed by atoms with E-state index in [1.165, 1.54) is 48.5 Å². The first kappa shape index (κ1) is 34.2. The standard InChI is InChI=1S/C32H37ClN2O11/c1-15-10-19(37)25(30(39)32(15)31(40)26-20(41-3)14-21(42-4)27(33)29(26)46-32)18(13-24(38)35-9-8-34-16(2)36)17-11-22(43-5)28(45-7)23(12-17)44-6/h11-12,14-15,18,39H,8-10,13H2,1-7H3,(H,34,36)(H,35,38)/t15-,18?,32+/m1/s1. The van der Waals surface area contributed by atoms with E-state index in [4.69, 9.17) is 40.0 Å². The molecule has 0 bridgehead atoms. The summed E-state index contributed by atoms with van der Waals surface area (Å²) in [6.07, 6.45) is -0.547. The zero-order valence-electron chi connectivity index (χ0n) is 26.6. The third kappa shape index (κ3) is 5.86. The lowest BCUT2D eigenvalue weighted by Crippen LogP contribution is -2.53. The fourth-order valence-corrected chi connectivity index (χ4v) is 6.19. The molecular weight excluding hydrogens is 624 g/mol. The van der Waals surface area contributed by atoms with Gasteiger partial charge >= 0.3 is 0 Å². The lowest BCUT2D eigenvalue weighted by molar-refractivity contribution is -0.122. The van der Waals surface area contributed by atoms with Crippen molar-refractivity contribution < 1.29 is 52.7 Å². The largest absolute Gasteiger partial charge is 0.507 e. The second-order valence-corrected chi connectivity index (χ2v) is 11.2. The molecule has 1 unspecified atom stereocenters. The number of hydrogen-bond donors (Lipinski definition) is 3. The molecule has 1 spiro atoms. The van der Waals surface area contributed by atoms with Gasteiger partial charge in [-0.3, -0.25) is 19.2 Å². The van der Waals surface area contributed by atoms with Crippen LogP contribution >= 0.6 is 11.6 Å². The van der Waals surface area contributed by atoms with Gasteiger partial charge in [-0.25, -0.2) is 0 Å². The Bertz CT molecular complexity index is 1580. The number of halogens is 1. The highest BCUT2D eigenvalue weighted by atomic mass is 35.5. The third-order valence-corrected chi connectivity index (χ3v) is 8.52. The number of ketones is 2. The molecule has 14 heteroatoms. The summed E-state index contributed by atoms with van der Waals surface area (Å²) >= 11 is 6.57. The average molecular weight is 661 g/mol. The molecule has 1 aliphatic carbocycles. The Balaban J connectivity index is 1.91. The maximum Gasteiger partial charge on any atom is 0.231 e. The highest BCUT2D eigenvalue weighted by Crippen LogP contribution is 2.56. The zero-order valence-corrected chi connectivity index (χ0v) is 27.4. The van der Waals surface area contributed by atoms with Gasteiger partial charge in [0.2, 0.25) is 28.9 Å². The van der Waals surface area contributed by atoms with Crippen LogP contribution in [0, 0.1) is 5.92 Å². The average Bonchev–Trinajstić information content (AvgIpc) is 3.35. The summed E-state index contributed by atoms with van der Waals surface area (Å²) < 4.78 is 33.6. The number of ether oxygens (including phenoxy) is 6. The fraction of sp³-hybridized carbons (Fsp3) is 0.438. The predicted molar refractivity (Wildman–Crippen MR) is 166 cm³/mol. The molecule has 0 saturated carbocycles. The van der Waals surface area contributed by atoms with Crippen LogP contribution in [-0.4, -0.2) is 82.7 Å². The number of hydrogen-bond acceptors (Lipinski definition) is 11. The van der Waals surface area contributed by atoms with Crippen LogP contribution in [0.5, 0.6) is 34.5 Å². The van der Waals surface area contributed by atoms with Crippen LogP contribution in [0.2, 0.25) is 5.02 Å². The highest BCUT2D eigenvalue weighted by Gasteiger charge is 2.61. The number of nitrogens with one attached hydrogen (secondary N) is 2. The van der Waals surface area contributed by atoms with E-state index in [1.54, 1.807) is 19.1 Å². The highest BCUT2D eigenvalue weighted by molar-refractivity contribution is 6.35. The van der Waals surface area contributed by atoms with Crippen molar-refractivity contribution in [3.05, 3.63) is 45.7 Å². The maximum absolute atomic E-state index is 14.3. The van der Waals surface area contributed by atoms with Crippen molar-refractivity contribution >= 4 is 35.0 Å². The molecule has 2 amide bonds. The van der Waals surface area contributed by atoms with Crippen molar-refractivity contribution in [2.75, 3.05) is 48.6 Å². The van der Waals surface area contributed by atoms with E-state index in [0.717, 1.165) is 0 Å². The number of aliphatic hydroxyl groups is 1. The van der Waals surface area contributed by atoms with Gasteiger partial charge in [0.15, 0.2) is 28.8 Å². The topological polar surface area (TPSA) is 168 Å². The third-order valence-electron chi connectivity index (χ3n) is 8.16. The molecule has 248 valence electrons. The molecule has 46 heavy (non-hydrogen) atoms. The normalized spacial score (nSPS) is 19.3. The van der Waals surface area contributed by atoms with Crippen molar-refractivity contribution in [3.63, 3.8) is 0 Å². The minimum atomic E-state index is -2.06. The molecule has 3 N–H and O–H groups in total. The van der Waals surface area contributed by atoms with E-state index >= 15 is 0 Å². The fourth-order valence-electron chi connectivity index (χ4n) is 5.93. The molecule has 1 heterocycles. The van der Waals surface area contributed by atoms with E-state index in [1.807, 2.05) is 0 Å². The monoisotopic (exact) mass is 660 g/mol. The van der Waals surface area contributed by atoms with Gasteiger partial charge in [0.1, 0.15) is 22.1 Å². The number of allylic oxidation sites excluding steroid dienone is 1. The van der Waals surface area contributed by atoms with Crippen molar-refractivity contribution in [1.29, 1.82) is 0 Å². The molecule has 4 rings (SSSR count). The first-order chi connectivity index (χ1) is 21.9. The number of methoxy groups -OCH3 is 5. The van der Waals surface area contributed by atoms with E-state index in [2.05, 4.69) is 10.6 Å². The first-order valence-electron chi connectivity index (χ1n) is 14.4. The van der Waals surface area contributed by atoms with E-state index < -0.39 is 40.7 Å². The number of fused-ring (bicyclic) bond motifs is 1. The summed E-state index contributed by atoms with van der Waals surface area (Å²) in [5.41, 5.74) is -1.92. The Labute approximate surface area is 271 Å². The Kier molecular flexibility index (Phi) is 10.2. The van der Waals surface area contributed by atoms with Gasteiger partial charge in [-0.05, 0) is 17.7 Å². The van der Waals surface area contributed by atoms with Crippen molar-refractivity contribution in [3.8, 4) is 34.5 Å². The molecule has 2 aliphatic rings. The van der Waals surface area contributed by atoms with Gasteiger partial charge in [-0.15, -0.1) is 0 Å². The summed E-state index contributed by atoms with van der Waals surface area (Å²) in [4.78, 5) is 52.7.